The predicted octanol–water partition coefficient (Wildman–Crippen LogP) is 2.65. The minimum Gasteiger partial charge on any atom is -0.326 e. The number of sulfonamides is 1. The molecule has 7 heteroatoms. The molecule has 22 heavy (non-hydrogen) atoms. The number of anilines is 1. The number of benzene rings is 1. The summed E-state index contributed by atoms with van der Waals surface area (Å²) in [5, 5.41) is 3.47. The Morgan fingerprint density at radius 1 is 1.36 bits per heavy atom. The van der Waals surface area contributed by atoms with Gasteiger partial charge in [-0.3, -0.25) is 4.79 Å². The normalized spacial score (nSPS) is 17.4. The van der Waals surface area contributed by atoms with Gasteiger partial charge >= 0.3 is 0 Å². The number of carbonyl (C=O) groups excluding carboxylic acids is 1. The summed E-state index contributed by atoms with van der Waals surface area (Å²) in [6, 6.07) is 5.36. The number of nitrogens with one attached hydrogen (secondary N) is 1. The second kappa shape index (κ2) is 6.98. The summed E-state index contributed by atoms with van der Waals surface area (Å²) < 4.78 is 25.1. The fourth-order valence-corrected chi connectivity index (χ4v) is 3.85. The summed E-state index contributed by atoms with van der Waals surface area (Å²) in [6.07, 6.45) is 1.09. The van der Waals surface area contributed by atoms with Crippen molar-refractivity contribution in [2.24, 2.45) is 5.92 Å². The summed E-state index contributed by atoms with van der Waals surface area (Å²) in [7, 11) is -3.16. The lowest BCUT2D eigenvalue weighted by Gasteiger charge is -2.30. The van der Waals surface area contributed by atoms with Crippen LogP contribution in [0.4, 0.5) is 5.69 Å². The van der Waals surface area contributed by atoms with E-state index in [2.05, 4.69) is 5.32 Å². The molecule has 0 radical (unpaired) electrons. The first-order valence-electron chi connectivity index (χ1n) is 7.38. The molecule has 0 unspecified atom stereocenters. The van der Waals surface area contributed by atoms with Crippen molar-refractivity contribution in [1.29, 1.82) is 0 Å². The number of aryl methyl sites for hydroxylation is 1. The van der Waals surface area contributed by atoms with E-state index in [4.69, 9.17) is 11.6 Å². The smallest absolute Gasteiger partial charge is 0.227 e. The van der Waals surface area contributed by atoms with E-state index in [1.165, 1.54) is 4.31 Å². The number of carbonyl (C=O) groups is 1. The largest absolute Gasteiger partial charge is 0.326 e. The van der Waals surface area contributed by atoms with Gasteiger partial charge in [-0.2, -0.15) is 0 Å². The third-order valence-corrected chi connectivity index (χ3v) is 6.16. The van der Waals surface area contributed by atoms with Crippen molar-refractivity contribution in [1.82, 2.24) is 4.31 Å². The monoisotopic (exact) mass is 344 g/mol. The van der Waals surface area contributed by atoms with Crippen LogP contribution in [0.15, 0.2) is 18.2 Å². The second-order valence-electron chi connectivity index (χ2n) is 5.52. The van der Waals surface area contributed by atoms with Gasteiger partial charge in [0.2, 0.25) is 15.9 Å². The fourth-order valence-electron chi connectivity index (χ4n) is 2.54. The maximum absolute atomic E-state index is 12.3. The van der Waals surface area contributed by atoms with Gasteiger partial charge in [-0.1, -0.05) is 17.7 Å². The Hall–Kier alpha value is -1.11. The van der Waals surface area contributed by atoms with Gasteiger partial charge in [-0.15, -0.1) is 0 Å². The minimum absolute atomic E-state index is 0.0705. The number of amides is 1. The highest BCUT2D eigenvalue weighted by atomic mass is 35.5. The van der Waals surface area contributed by atoms with Gasteiger partial charge in [-0.05, 0) is 44.4 Å². The van der Waals surface area contributed by atoms with E-state index in [1.54, 1.807) is 19.1 Å². The molecular weight excluding hydrogens is 324 g/mol. The molecule has 1 aromatic rings. The van der Waals surface area contributed by atoms with Crippen LogP contribution in [0.25, 0.3) is 0 Å². The zero-order valence-electron chi connectivity index (χ0n) is 12.8. The molecule has 0 aliphatic carbocycles. The lowest BCUT2D eigenvalue weighted by molar-refractivity contribution is -0.120. The molecule has 1 amide bonds. The van der Waals surface area contributed by atoms with Crippen LogP contribution in [0.3, 0.4) is 0 Å². The molecular formula is C15H21ClN2O3S. The fraction of sp³-hybridized carbons (Fsp3) is 0.533. The molecule has 1 aromatic carbocycles. The lowest BCUT2D eigenvalue weighted by atomic mass is 9.97. The molecule has 1 aliphatic rings. The van der Waals surface area contributed by atoms with Crippen LogP contribution in [-0.2, 0) is 14.8 Å². The van der Waals surface area contributed by atoms with Crippen molar-refractivity contribution >= 4 is 33.2 Å². The van der Waals surface area contributed by atoms with Crippen LogP contribution < -0.4 is 5.32 Å². The van der Waals surface area contributed by atoms with Gasteiger partial charge in [0.15, 0.2) is 0 Å². The standard InChI is InChI=1S/C15H21ClN2O3S/c1-3-22(20,21)18-8-6-12(7-9-18)15(19)17-14-10-13(16)5-4-11(14)2/h4-5,10,12H,3,6-9H2,1-2H3,(H,17,19). The Balaban J connectivity index is 1.97. The topological polar surface area (TPSA) is 66.5 Å². The van der Waals surface area contributed by atoms with Crippen molar-refractivity contribution in [2.75, 3.05) is 24.2 Å². The first-order chi connectivity index (χ1) is 10.3. The third kappa shape index (κ3) is 4.00. The average molecular weight is 345 g/mol. The molecule has 0 atom stereocenters. The molecule has 1 heterocycles. The van der Waals surface area contributed by atoms with E-state index < -0.39 is 10.0 Å². The van der Waals surface area contributed by atoms with Gasteiger partial charge in [0.1, 0.15) is 0 Å². The van der Waals surface area contributed by atoms with Crippen molar-refractivity contribution in [3.63, 3.8) is 0 Å². The second-order valence-corrected chi connectivity index (χ2v) is 8.22. The molecule has 122 valence electrons. The Morgan fingerprint density at radius 3 is 2.59 bits per heavy atom. The average Bonchev–Trinajstić information content (AvgIpc) is 2.51. The SMILES string of the molecule is CCS(=O)(=O)N1CCC(C(=O)Nc2cc(Cl)ccc2C)CC1. The first-order valence-corrected chi connectivity index (χ1v) is 9.37. The van der Waals surface area contributed by atoms with Crippen LogP contribution in [0.1, 0.15) is 25.3 Å². The van der Waals surface area contributed by atoms with E-state index in [0.717, 1.165) is 5.56 Å². The molecule has 1 saturated heterocycles. The van der Waals surface area contributed by atoms with Gasteiger partial charge in [0.25, 0.3) is 0 Å². The zero-order valence-corrected chi connectivity index (χ0v) is 14.4. The lowest BCUT2D eigenvalue weighted by Crippen LogP contribution is -2.42. The minimum atomic E-state index is -3.16. The van der Waals surface area contributed by atoms with Gasteiger partial charge < -0.3 is 5.32 Å². The number of halogens is 1. The molecule has 1 aliphatic heterocycles. The quantitative estimate of drug-likeness (QED) is 0.913. The third-order valence-electron chi connectivity index (χ3n) is 4.04. The summed E-state index contributed by atoms with van der Waals surface area (Å²) in [5.41, 5.74) is 1.66. The maximum atomic E-state index is 12.3. The van der Waals surface area contributed by atoms with Crippen LogP contribution >= 0.6 is 11.6 Å². The highest BCUT2D eigenvalue weighted by molar-refractivity contribution is 7.89. The highest BCUT2D eigenvalue weighted by Crippen LogP contribution is 2.24. The Labute approximate surface area is 136 Å². The van der Waals surface area contributed by atoms with Crippen LogP contribution in [0, 0.1) is 12.8 Å². The maximum Gasteiger partial charge on any atom is 0.227 e. The van der Waals surface area contributed by atoms with E-state index >= 15 is 0 Å². The molecule has 0 aromatic heterocycles. The number of hydrogen-bond acceptors (Lipinski definition) is 3. The van der Waals surface area contributed by atoms with Crippen molar-refractivity contribution in [2.45, 2.75) is 26.7 Å². The van der Waals surface area contributed by atoms with E-state index in [0.29, 0.717) is 36.6 Å². The van der Waals surface area contributed by atoms with Gasteiger partial charge in [0.05, 0.1) is 5.75 Å². The van der Waals surface area contributed by atoms with Crippen LogP contribution in [0.2, 0.25) is 5.02 Å². The first kappa shape index (κ1) is 17.2. The van der Waals surface area contributed by atoms with Crippen molar-refractivity contribution in [3.05, 3.63) is 28.8 Å². The van der Waals surface area contributed by atoms with E-state index in [9.17, 15) is 13.2 Å². The zero-order chi connectivity index (χ0) is 16.3. The highest BCUT2D eigenvalue weighted by Gasteiger charge is 2.30. The van der Waals surface area contributed by atoms with Gasteiger partial charge in [0, 0.05) is 29.7 Å². The summed E-state index contributed by atoms with van der Waals surface area (Å²) in [6.45, 7) is 4.35. The Kier molecular flexibility index (Phi) is 5.47. The van der Waals surface area contributed by atoms with Crippen LogP contribution in [-0.4, -0.2) is 37.5 Å². The summed E-state index contributed by atoms with van der Waals surface area (Å²) in [4.78, 5) is 12.3. The Bertz CT molecular complexity index is 653. The summed E-state index contributed by atoms with van der Waals surface area (Å²) in [5.74, 6) is -0.133. The molecule has 1 fully saturated rings. The molecule has 5 nitrogen and oxygen atoms in total. The van der Waals surface area contributed by atoms with Gasteiger partial charge in [-0.25, -0.2) is 12.7 Å². The number of rotatable bonds is 4. The van der Waals surface area contributed by atoms with Crippen molar-refractivity contribution < 1.29 is 13.2 Å². The van der Waals surface area contributed by atoms with Crippen LogP contribution in [0.5, 0.6) is 0 Å². The number of nitrogens with zero attached hydrogens (tertiary/aromatic N) is 1. The molecule has 0 spiro atoms. The molecule has 2 rings (SSSR count). The molecule has 0 bridgehead atoms. The summed E-state index contributed by atoms with van der Waals surface area (Å²) >= 11 is 5.95. The molecule has 1 N–H and O–H groups in total. The molecule has 0 saturated carbocycles. The van der Waals surface area contributed by atoms with E-state index in [-0.39, 0.29) is 17.6 Å². The Morgan fingerprint density at radius 2 is 2.00 bits per heavy atom. The number of piperidine rings is 1. The number of hydrogen-bond donors (Lipinski definition) is 1. The predicted molar refractivity (Wildman–Crippen MR) is 88.6 cm³/mol. The van der Waals surface area contributed by atoms with E-state index in [1.807, 2.05) is 13.0 Å². The van der Waals surface area contributed by atoms with Crippen molar-refractivity contribution in [3.8, 4) is 0 Å².